The Morgan fingerprint density at radius 3 is 2.59 bits per heavy atom. The molecule has 0 spiro atoms. The molecule has 0 unspecified atom stereocenters. The molecule has 32 heavy (non-hydrogen) atoms. The van der Waals surface area contributed by atoms with E-state index in [1.165, 1.54) is 31.5 Å². The Hall–Kier alpha value is -2.13. The van der Waals surface area contributed by atoms with Gasteiger partial charge >= 0.3 is 0 Å². The third-order valence-corrected chi connectivity index (χ3v) is 7.08. The molecule has 0 aliphatic heterocycles. The van der Waals surface area contributed by atoms with Crippen molar-refractivity contribution in [3.05, 3.63) is 90.0 Å². The number of carbonyl (C=O) groups is 1. The number of hydrogen-bond acceptors (Lipinski definition) is 4. The van der Waals surface area contributed by atoms with E-state index in [-0.39, 0.29) is 12.2 Å². The second-order valence-corrected chi connectivity index (χ2v) is 8.77. The summed E-state index contributed by atoms with van der Waals surface area (Å²) >= 11 is 19.0. The van der Waals surface area contributed by atoms with Gasteiger partial charge in [-0.2, -0.15) is 5.10 Å². The molecule has 166 valence electrons. The van der Waals surface area contributed by atoms with Gasteiger partial charge in [-0.15, -0.1) is 0 Å². The monoisotopic (exact) mass is 602 g/mol. The normalized spacial score (nSPS) is 10.9. The molecular weight excluding hydrogens is 590 g/mol. The van der Waals surface area contributed by atoms with Gasteiger partial charge in [-0.25, -0.2) is 9.82 Å². The average Bonchev–Trinajstić information content (AvgIpc) is 2.78. The number of carbonyl (C=O) groups excluding carboxylic acids is 1. The molecule has 0 fully saturated rings. The van der Waals surface area contributed by atoms with E-state index < -0.39 is 11.7 Å². The molecule has 0 aromatic heterocycles. The number of hydrazone groups is 1. The standard InChI is InChI=1S/C22H15Br2Cl2FN2O3/c1-31-18-9-14(10-28-29-22(30)13-3-2-4-15(27)8-13)19(23)20(24)21(18)32-11-12-5-6-16(25)17(26)7-12/h2-10H,11H2,1H3,(H,29,30)/b28-10-. The first-order valence-electron chi connectivity index (χ1n) is 9.01. The van der Waals surface area contributed by atoms with Crippen LogP contribution in [-0.4, -0.2) is 19.2 Å². The summed E-state index contributed by atoms with van der Waals surface area (Å²) in [5.74, 6) is -0.136. The van der Waals surface area contributed by atoms with Crippen LogP contribution in [-0.2, 0) is 6.61 Å². The number of rotatable bonds is 7. The molecule has 3 rings (SSSR count). The summed E-state index contributed by atoms with van der Waals surface area (Å²) in [5, 5.41) is 4.84. The predicted molar refractivity (Wildman–Crippen MR) is 131 cm³/mol. The van der Waals surface area contributed by atoms with Gasteiger partial charge in [-0.3, -0.25) is 4.79 Å². The van der Waals surface area contributed by atoms with Crippen molar-refractivity contribution in [3.8, 4) is 11.5 Å². The lowest BCUT2D eigenvalue weighted by atomic mass is 10.2. The van der Waals surface area contributed by atoms with E-state index in [1.807, 2.05) is 6.07 Å². The number of halogens is 5. The molecule has 0 saturated heterocycles. The second-order valence-electron chi connectivity index (χ2n) is 6.37. The lowest BCUT2D eigenvalue weighted by Gasteiger charge is -2.15. The number of amides is 1. The van der Waals surface area contributed by atoms with Gasteiger partial charge < -0.3 is 9.47 Å². The van der Waals surface area contributed by atoms with Crippen molar-refractivity contribution >= 4 is 67.2 Å². The van der Waals surface area contributed by atoms with Crippen molar-refractivity contribution in [2.75, 3.05) is 7.11 Å². The highest BCUT2D eigenvalue weighted by Crippen LogP contribution is 2.42. The number of ether oxygens (including phenoxy) is 2. The van der Waals surface area contributed by atoms with Crippen molar-refractivity contribution in [3.63, 3.8) is 0 Å². The van der Waals surface area contributed by atoms with Crippen LogP contribution in [0.3, 0.4) is 0 Å². The first-order valence-corrected chi connectivity index (χ1v) is 11.4. The van der Waals surface area contributed by atoms with E-state index in [0.717, 1.165) is 11.6 Å². The summed E-state index contributed by atoms with van der Waals surface area (Å²) in [6.45, 7) is 0.232. The van der Waals surface area contributed by atoms with Crippen LogP contribution in [0.5, 0.6) is 11.5 Å². The third kappa shape index (κ3) is 6.01. The summed E-state index contributed by atoms with van der Waals surface area (Å²) in [7, 11) is 1.51. The number of nitrogens with zero attached hydrogens (tertiary/aromatic N) is 1. The molecule has 0 saturated carbocycles. The van der Waals surface area contributed by atoms with Crippen molar-refractivity contribution in [2.24, 2.45) is 5.10 Å². The zero-order valence-corrected chi connectivity index (χ0v) is 21.1. The zero-order chi connectivity index (χ0) is 23.3. The van der Waals surface area contributed by atoms with E-state index in [2.05, 4.69) is 42.4 Å². The summed E-state index contributed by atoms with van der Waals surface area (Å²) < 4.78 is 25.9. The maximum Gasteiger partial charge on any atom is 0.271 e. The lowest BCUT2D eigenvalue weighted by Crippen LogP contribution is -2.17. The van der Waals surface area contributed by atoms with Crippen LogP contribution in [0.15, 0.2) is 62.6 Å². The van der Waals surface area contributed by atoms with E-state index in [4.69, 9.17) is 32.7 Å². The van der Waals surface area contributed by atoms with Crippen LogP contribution < -0.4 is 14.9 Å². The van der Waals surface area contributed by atoms with Gasteiger partial charge in [0.15, 0.2) is 11.5 Å². The van der Waals surface area contributed by atoms with Gasteiger partial charge in [-0.05, 0) is 73.8 Å². The van der Waals surface area contributed by atoms with Crippen LogP contribution in [0.4, 0.5) is 4.39 Å². The van der Waals surface area contributed by atoms with Crippen LogP contribution in [0.2, 0.25) is 10.0 Å². The minimum absolute atomic E-state index is 0.158. The molecule has 1 N–H and O–H groups in total. The first-order chi connectivity index (χ1) is 15.3. The fourth-order valence-electron chi connectivity index (χ4n) is 2.62. The van der Waals surface area contributed by atoms with Crippen molar-refractivity contribution in [1.82, 2.24) is 5.43 Å². The molecular formula is C22H15Br2Cl2FN2O3. The molecule has 0 radical (unpaired) electrons. The highest BCUT2D eigenvalue weighted by molar-refractivity contribution is 9.13. The average molecular weight is 605 g/mol. The smallest absolute Gasteiger partial charge is 0.271 e. The summed E-state index contributed by atoms with van der Waals surface area (Å²) in [4.78, 5) is 12.1. The highest BCUT2D eigenvalue weighted by Gasteiger charge is 2.17. The first kappa shape index (κ1) is 24.5. The van der Waals surface area contributed by atoms with Crippen molar-refractivity contribution < 1.29 is 18.7 Å². The van der Waals surface area contributed by atoms with Gasteiger partial charge in [-0.1, -0.05) is 35.3 Å². The van der Waals surface area contributed by atoms with Crippen LogP contribution in [0, 0.1) is 5.82 Å². The maximum absolute atomic E-state index is 13.3. The molecule has 0 bridgehead atoms. The maximum atomic E-state index is 13.3. The van der Waals surface area contributed by atoms with E-state index in [9.17, 15) is 9.18 Å². The SMILES string of the molecule is COc1cc(/C=N\NC(=O)c2cccc(F)c2)c(Br)c(Br)c1OCc1ccc(Cl)c(Cl)c1. The highest BCUT2D eigenvalue weighted by atomic mass is 79.9. The van der Waals surface area contributed by atoms with Gasteiger partial charge in [0.2, 0.25) is 0 Å². The van der Waals surface area contributed by atoms with Gasteiger partial charge in [0, 0.05) is 15.6 Å². The van der Waals surface area contributed by atoms with Gasteiger partial charge in [0.1, 0.15) is 12.4 Å². The summed E-state index contributed by atoms with van der Waals surface area (Å²) in [6.07, 6.45) is 1.43. The lowest BCUT2D eigenvalue weighted by molar-refractivity contribution is 0.0954. The topological polar surface area (TPSA) is 59.9 Å². The number of methoxy groups -OCH3 is 1. The number of nitrogens with one attached hydrogen (secondary N) is 1. The Kier molecular flexibility index (Phi) is 8.53. The third-order valence-electron chi connectivity index (χ3n) is 4.20. The molecule has 0 aliphatic carbocycles. The minimum Gasteiger partial charge on any atom is -0.493 e. The van der Waals surface area contributed by atoms with Crippen molar-refractivity contribution in [1.29, 1.82) is 0 Å². The molecule has 3 aromatic rings. The molecule has 1 amide bonds. The van der Waals surface area contributed by atoms with Crippen molar-refractivity contribution in [2.45, 2.75) is 6.61 Å². The van der Waals surface area contributed by atoms with Crippen LogP contribution in [0.1, 0.15) is 21.5 Å². The van der Waals surface area contributed by atoms with Gasteiger partial charge in [0.25, 0.3) is 5.91 Å². The second kappa shape index (κ2) is 11.1. The summed E-state index contributed by atoms with van der Waals surface area (Å²) in [6, 6.07) is 12.2. The molecule has 0 atom stereocenters. The molecule has 0 heterocycles. The number of benzene rings is 3. The minimum atomic E-state index is -0.538. The fraction of sp³-hybridized carbons (Fsp3) is 0.0909. The quantitative estimate of drug-likeness (QED) is 0.233. The molecule has 3 aromatic carbocycles. The molecule has 10 heteroatoms. The Labute approximate surface area is 210 Å². The Morgan fingerprint density at radius 1 is 1.12 bits per heavy atom. The Morgan fingerprint density at radius 2 is 1.91 bits per heavy atom. The van der Waals surface area contributed by atoms with E-state index in [1.54, 1.807) is 18.2 Å². The van der Waals surface area contributed by atoms with E-state index in [0.29, 0.717) is 36.1 Å². The molecule has 5 nitrogen and oxygen atoms in total. The Bertz CT molecular complexity index is 1190. The number of hydrogen-bond donors (Lipinski definition) is 1. The fourth-order valence-corrected chi connectivity index (χ4v) is 3.88. The van der Waals surface area contributed by atoms with Gasteiger partial charge in [0.05, 0.1) is 27.8 Å². The van der Waals surface area contributed by atoms with E-state index >= 15 is 0 Å². The largest absolute Gasteiger partial charge is 0.493 e. The van der Waals surface area contributed by atoms with Crippen LogP contribution in [0.25, 0.3) is 0 Å². The predicted octanol–water partition coefficient (Wildman–Crippen LogP) is 7.01. The zero-order valence-electron chi connectivity index (χ0n) is 16.5. The summed E-state index contributed by atoms with van der Waals surface area (Å²) in [5.41, 5.74) is 3.96. The molecule has 0 aliphatic rings. The Balaban J connectivity index is 1.76. The van der Waals surface area contributed by atoms with Crippen LogP contribution >= 0.6 is 55.1 Å².